The van der Waals surface area contributed by atoms with Gasteiger partial charge in [-0.1, -0.05) is 17.7 Å². The standard InChI is InChI=1S/C19H17ClFNO4S/c1-4-26-19(23)17-18(15-14(22-17)6-5-13(21)16(15)20)27(24,25)12-8-10(2)7-11(3)9-12/h5-9,22H,4H2,1-3H3. The monoisotopic (exact) mass is 409 g/mol. The van der Waals surface area contributed by atoms with E-state index in [0.717, 1.165) is 17.2 Å². The molecule has 0 radical (unpaired) electrons. The lowest BCUT2D eigenvalue weighted by molar-refractivity contribution is 0.0516. The third-order valence-electron chi connectivity index (χ3n) is 4.06. The number of aryl methyl sites for hydroxylation is 2. The molecule has 0 spiro atoms. The lowest BCUT2D eigenvalue weighted by Crippen LogP contribution is -2.12. The Morgan fingerprint density at radius 3 is 2.41 bits per heavy atom. The fourth-order valence-electron chi connectivity index (χ4n) is 3.01. The van der Waals surface area contributed by atoms with Gasteiger partial charge in [0.2, 0.25) is 9.84 Å². The van der Waals surface area contributed by atoms with Crippen molar-refractivity contribution in [3.8, 4) is 0 Å². The molecule has 0 aliphatic rings. The average Bonchev–Trinajstić information content (AvgIpc) is 2.99. The van der Waals surface area contributed by atoms with Gasteiger partial charge in [0.05, 0.1) is 16.5 Å². The van der Waals surface area contributed by atoms with Crippen molar-refractivity contribution in [3.63, 3.8) is 0 Å². The number of sulfone groups is 1. The summed E-state index contributed by atoms with van der Waals surface area (Å²) in [5.74, 6) is -1.64. The van der Waals surface area contributed by atoms with E-state index in [1.54, 1.807) is 20.8 Å². The van der Waals surface area contributed by atoms with Crippen LogP contribution in [0, 0.1) is 19.7 Å². The number of carbonyl (C=O) groups is 1. The first-order chi connectivity index (χ1) is 12.7. The van der Waals surface area contributed by atoms with E-state index in [-0.39, 0.29) is 38.0 Å². The molecule has 0 saturated heterocycles. The normalized spacial score (nSPS) is 11.7. The molecule has 5 nitrogen and oxygen atoms in total. The van der Waals surface area contributed by atoms with Crippen LogP contribution in [0.5, 0.6) is 0 Å². The number of hydrogen-bond acceptors (Lipinski definition) is 4. The minimum atomic E-state index is -4.18. The predicted octanol–water partition coefficient (Wildman–Crippen LogP) is 4.59. The molecule has 1 heterocycles. The minimum Gasteiger partial charge on any atom is -0.461 e. The van der Waals surface area contributed by atoms with E-state index in [1.807, 2.05) is 6.07 Å². The number of nitrogens with one attached hydrogen (secondary N) is 1. The van der Waals surface area contributed by atoms with Crippen LogP contribution in [-0.2, 0) is 14.6 Å². The molecule has 3 rings (SSSR count). The molecule has 1 N–H and O–H groups in total. The summed E-state index contributed by atoms with van der Waals surface area (Å²) in [7, 11) is -4.18. The lowest BCUT2D eigenvalue weighted by Gasteiger charge is -2.09. The number of halogens is 2. The van der Waals surface area contributed by atoms with Gasteiger partial charge in [0.15, 0.2) is 0 Å². The Balaban J connectivity index is 2.42. The van der Waals surface area contributed by atoms with Crippen molar-refractivity contribution in [2.45, 2.75) is 30.6 Å². The number of rotatable bonds is 4. The van der Waals surface area contributed by atoms with Gasteiger partial charge in [-0.15, -0.1) is 0 Å². The highest BCUT2D eigenvalue weighted by atomic mass is 35.5. The van der Waals surface area contributed by atoms with Gasteiger partial charge in [-0.25, -0.2) is 17.6 Å². The fourth-order valence-corrected chi connectivity index (χ4v) is 5.13. The van der Waals surface area contributed by atoms with Crippen LogP contribution in [0.15, 0.2) is 40.1 Å². The summed E-state index contributed by atoms with van der Waals surface area (Å²) < 4.78 is 45.8. The van der Waals surface area contributed by atoms with Gasteiger partial charge in [-0.3, -0.25) is 0 Å². The molecule has 0 fully saturated rings. The van der Waals surface area contributed by atoms with Crippen LogP contribution in [-0.4, -0.2) is 26.0 Å². The molecule has 0 unspecified atom stereocenters. The SMILES string of the molecule is CCOC(=O)c1[nH]c2ccc(F)c(Cl)c2c1S(=O)(=O)c1cc(C)cc(C)c1. The van der Waals surface area contributed by atoms with E-state index in [1.165, 1.54) is 18.2 Å². The molecule has 27 heavy (non-hydrogen) atoms. The first kappa shape index (κ1) is 19.4. The van der Waals surface area contributed by atoms with Gasteiger partial charge >= 0.3 is 5.97 Å². The summed E-state index contributed by atoms with van der Waals surface area (Å²) in [6.07, 6.45) is 0. The van der Waals surface area contributed by atoms with Crippen LogP contribution >= 0.6 is 11.6 Å². The van der Waals surface area contributed by atoms with Crippen LogP contribution in [0.4, 0.5) is 4.39 Å². The topological polar surface area (TPSA) is 76.2 Å². The summed E-state index contributed by atoms with van der Waals surface area (Å²) in [6.45, 7) is 5.19. The Morgan fingerprint density at radius 2 is 1.81 bits per heavy atom. The highest BCUT2D eigenvalue weighted by Crippen LogP contribution is 2.38. The molecule has 0 aliphatic heterocycles. The van der Waals surface area contributed by atoms with E-state index in [2.05, 4.69) is 4.98 Å². The van der Waals surface area contributed by atoms with Crippen LogP contribution in [0.3, 0.4) is 0 Å². The number of esters is 1. The summed E-state index contributed by atoms with van der Waals surface area (Å²) in [5.41, 5.74) is 1.43. The molecule has 142 valence electrons. The van der Waals surface area contributed by atoms with Crippen molar-refractivity contribution in [2.75, 3.05) is 6.61 Å². The maximum Gasteiger partial charge on any atom is 0.356 e. The second-order valence-corrected chi connectivity index (χ2v) is 8.42. The van der Waals surface area contributed by atoms with Crippen molar-refractivity contribution in [2.24, 2.45) is 0 Å². The van der Waals surface area contributed by atoms with Gasteiger partial charge in [-0.05, 0) is 56.2 Å². The van der Waals surface area contributed by atoms with E-state index in [9.17, 15) is 17.6 Å². The van der Waals surface area contributed by atoms with Gasteiger partial charge in [0, 0.05) is 10.9 Å². The molecule has 0 atom stereocenters. The second kappa shape index (κ2) is 6.98. The molecule has 0 aliphatic carbocycles. The molecule has 0 saturated carbocycles. The number of aromatic amines is 1. The first-order valence-electron chi connectivity index (χ1n) is 8.17. The molecule has 0 bridgehead atoms. The number of H-pyrrole nitrogens is 1. The van der Waals surface area contributed by atoms with Crippen molar-refractivity contribution in [1.29, 1.82) is 0 Å². The third-order valence-corrected chi connectivity index (χ3v) is 6.23. The summed E-state index contributed by atoms with van der Waals surface area (Å²) in [4.78, 5) is 14.7. The van der Waals surface area contributed by atoms with Gasteiger partial charge < -0.3 is 9.72 Å². The largest absolute Gasteiger partial charge is 0.461 e. The zero-order valence-corrected chi connectivity index (χ0v) is 16.5. The molecule has 3 aromatic rings. The van der Waals surface area contributed by atoms with Crippen LogP contribution in [0.25, 0.3) is 10.9 Å². The molecule has 0 amide bonds. The summed E-state index contributed by atoms with van der Waals surface area (Å²) in [5, 5.41) is -0.443. The average molecular weight is 410 g/mol. The van der Waals surface area contributed by atoms with E-state index in [4.69, 9.17) is 16.3 Å². The smallest absolute Gasteiger partial charge is 0.356 e. The van der Waals surface area contributed by atoms with E-state index < -0.39 is 21.6 Å². The number of carbonyl (C=O) groups excluding carboxylic acids is 1. The number of ether oxygens (including phenoxy) is 1. The van der Waals surface area contributed by atoms with Crippen molar-refractivity contribution in [1.82, 2.24) is 4.98 Å². The van der Waals surface area contributed by atoms with Crippen LogP contribution in [0.2, 0.25) is 5.02 Å². The van der Waals surface area contributed by atoms with Crippen molar-refractivity contribution in [3.05, 3.63) is 58.0 Å². The first-order valence-corrected chi connectivity index (χ1v) is 10.0. The van der Waals surface area contributed by atoms with Crippen LogP contribution in [0.1, 0.15) is 28.5 Å². The predicted molar refractivity (Wildman–Crippen MR) is 101 cm³/mol. The van der Waals surface area contributed by atoms with Gasteiger partial charge in [0.1, 0.15) is 16.4 Å². The maximum absolute atomic E-state index is 14.0. The molecular formula is C19H17ClFNO4S. The lowest BCUT2D eigenvalue weighted by atomic mass is 10.2. The summed E-state index contributed by atoms with van der Waals surface area (Å²) in [6, 6.07) is 7.24. The minimum absolute atomic E-state index is 0.00761. The fraction of sp³-hybridized carbons (Fsp3) is 0.211. The summed E-state index contributed by atoms with van der Waals surface area (Å²) >= 11 is 6.07. The Morgan fingerprint density at radius 1 is 1.19 bits per heavy atom. The molecule has 2 aromatic carbocycles. The Hall–Kier alpha value is -2.38. The number of fused-ring (bicyclic) bond motifs is 1. The van der Waals surface area contributed by atoms with Crippen molar-refractivity contribution < 1.29 is 22.3 Å². The zero-order chi connectivity index (χ0) is 19.9. The zero-order valence-electron chi connectivity index (χ0n) is 14.9. The highest BCUT2D eigenvalue weighted by Gasteiger charge is 2.32. The van der Waals surface area contributed by atoms with E-state index >= 15 is 0 Å². The van der Waals surface area contributed by atoms with Crippen LogP contribution < -0.4 is 0 Å². The second-order valence-electron chi connectivity index (χ2n) is 6.16. The van der Waals surface area contributed by atoms with Gasteiger partial charge in [0.25, 0.3) is 0 Å². The Kier molecular flexibility index (Phi) is 5.01. The Bertz CT molecular complexity index is 1150. The number of hydrogen-bond donors (Lipinski definition) is 1. The molecule has 8 heteroatoms. The van der Waals surface area contributed by atoms with Gasteiger partial charge in [-0.2, -0.15) is 0 Å². The third kappa shape index (κ3) is 3.33. The number of benzene rings is 2. The molecular weight excluding hydrogens is 393 g/mol. The highest BCUT2D eigenvalue weighted by molar-refractivity contribution is 7.91. The number of aromatic nitrogens is 1. The van der Waals surface area contributed by atoms with Crippen molar-refractivity contribution >= 4 is 38.3 Å². The van der Waals surface area contributed by atoms with E-state index in [0.29, 0.717) is 0 Å². The molecule has 1 aromatic heterocycles. The quantitative estimate of drug-likeness (QED) is 0.639. The maximum atomic E-state index is 14.0. The Labute approximate surface area is 161 Å².